The van der Waals surface area contributed by atoms with Gasteiger partial charge in [0.1, 0.15) is 0 Å². The molecule has 1 fully saturated rings. The van der Waals surface area contributed by atoms with Crippen molar-refractivity contribution >= 4 is 5.91 Å². The quantitative estimate of drug-likeness (QED) is 0.534. The van der Waals surface area contributed by atoms with Crippen LogP contribution in [0.15, 0.2) is 60.9 Å². The molecule has 0 aliphatic heterocycles. The number of amides is 1. The molecule has 8 heteroatoms. The predicted molar refractivity (Wildman–Crippen MR) is 122 cm³/mol. The fraction of sp³-hybridized carbons (Fsp3) is 0.346. The first kappa shape index (κ1) is 23.9. The molecule has 1 aliphatic rings. The summed E-state index contributed by atoms with van der Waals surface area (Å²) in [5.74, 6) is -0.358. The summed E-state index contributed by atoms with van der Waals surface area (Å²) >= 11 is 0. The zero-order chi connectivity index (χ0) is 24.1. The first-order valence-corrected chi connectivity index (χ1v) is 11.4. The van der Waals surface area contributed by atoms with Gasteiger partial charge in [-0.25, -0.2) is 0 Å². The van der Waals surface area contributed by atoms with Crippen molar-refractivity contribution in [2.75, 3.05) is 0 Å². The third kappa shape index (κ3) is 5.80. The molecular weight excluding hydrogens is 443 g/mol. The van der Waals surface area contributed by atoms with Gasteiger partial charge >= 0.3 is 6.18 Å². The molecule has 0 radical (unpaired) electrons. The van der Waals surface area contributed by atoms with E-state index in [2.05, 4.69) is 15.3 Å². The summed E-state index contributed by atoms with van der Waals surface area (Å²) in [6.07, 6.45) is 2.48. The van der Waals surface area contributed by atoms with E-state index in [1.165, 1.54) is 18.3 Å². The monoisotopic (exact) mass is 469 g/mol. The van der Waals surface area contributed by atoms with Gasteiger partial charge in [0.25, 0.3) is 5.91 Å². The summed E-state index contributed by atoms with van der Waals surface area (Å²) in [5.41, 5.74) is 2.24. The van der Waals surface area contributed by atoms with Gasteiger partial charge in [-0.05, 0) is 61.6 Å². The number of aliphatic hydroxyl groups excluding tert-OH is 1. The Morgan fingerprint density at radius 3 is 2.47 bits per heavy atom. The van der Waals surface area contributed by atoms with Gasteiger partial charge in [-0.2, -0.15) is 13.2 Å². The maximum absolute atomic E-state index is 13.0. The van der Waals surface area contributed by atoms with E-state index in [1.807, 2.05) is 18.2 Å². The largest absolute Gasteiger partial charge is 0.416 e. The van der Waals surface area contributed by atoms with E-state index in [9.17, 15) is 23.1 Å². The van der Waals surface area contributed by atoms with Crippen molar-refractivity contribution in [3.63, 3.8) is 0 Å². The first-order valence-electron chi connectivity index (χ1n) is 11.4. The van der Waals surface area contributed by atoms with Crippen molar-refractivity contribution in [1.29, 1.82) is 0 Å². The van der Waals surface area contributed by atoms with Crippen LogP contribution in [0.25, 0.3) is 11.1 Å². The average Bonchev–Trinajstić information content (AvgIpc) is 2.84. The minimum Gasteiger partial charge on any atom is -0.391 e. The molecule has 0 saturated heterocycles. The molecule has 34 heavy (non-hydrogen) atoms. The zero-order valence-electron chi connectivity index (χ0n) is 18.6. The molecule has 178 valence electrons. The number of nitrogens with one attached hydrogen (secondary N) is 1. The normalized spacial score (nSPS) is 18.5. The maximum Gasteiger partial charge on any atom is 0.416 e. The van der Waals surface area contributed by atoms with Crippen LogP contribution >= 0.6 is 0 Å². The molecule has 2 heterocycles. The average molecular weight is 470 g/mol. The van der Waals surface area contributed by atoms with Crippen molar-refractivity contribution in [1.82, 2.24) is 15.3 Å². The highest BCUT2D eigenvalue weighted by molar-refractivity contribution is 5.95. The first-order chi connectivity index (χ1) is 16.3. The van der Waals surface area contributed by atoms with Crippen LogP contribution < -0.4 is 5.32 Å². The molecule has 3 aromatic rings. The van der Waals surface area contributed by atoms with E-state index in [-0.39, 0.29) is 11.9 Å². The second-order valence-corrected chi connectivity index (χ2v) is 8.55. The Morgan fingerprint density at radius 1 is 1.03 bits per heavy atom. The number of halogens is 3. The van der Waals surface area contributed by atoms with E-state index in [0.717, 1.165) is 30.7 Å². The molecular formula is C26H26F3N3O2. The zero-order valence-corrected chi connectivity index (χ0v) is 18.6. The molecule has 1 aromatic carbocycles. The van der Waals surface area contributed by atoms with Gasteiger partial charge in [0, 0.05) is 29.3 Å². The number of carbonyl (C=O) groups is 1. The van der Waals surface area contributed by atoms with Crippen molar-refractivity contribution in [3.8, 4) is 11.1 Å². The maximum atomic E-state index is 13.0. The number of hydrogen-bond acceptors (Lipinski definition) is 4. The Hall–Kier alpha value is -3.26. The number of aliphatic hydroxyl groups is 1. The molecule has 1 saturated carbocycles. The lowest BCUT2D eigenvalue weighted by Gasteiger charge is -2.28. The number of pyridine rings is 2. The molecule has 5 nitrogen and oxygen atoms in total. The molecule has 0 spiro atoms. The number of rotatable bonds is 6. The highest BCUT2D eigenvalue weighted by atomic mass is 19.4. The highest BCUT2D eigenvalue weighted by Crippen LogP contribution is 2.32. The summed E-state index contributed by atoms with van der Waals surface area (Å²) in [5, 5.41) is 13.1. The van der Waals surface area contributed by atoms with Gasteiger partial charge in [0.2, 0.25) is 0 Å². The van der Waals surface area contributed by atoms with Crippen LogP contribution in [0.3, 0.4) is 0 Å². The molecule has 2 atom stereocenters. The van der Waals surface area contributed by atoms with Gasteiger partial charge in [0.15, 0.2) is 0 Å². The Labute approximate surface area is 196 Å². The molecule has 4 rings (SSSR count). The van der Waals surface area contributed by atoms with Gasteiger partial charge in [-0.3, -0.25) is 14.8 Å². The minimum absolute atomic E-state index is 0.300. The van der Waals surface area contributed by atoms with Gasteiger partial charge in [-0.15, -0.1) is 0 Å². The minimum atomic E-state index is -4.43. The smallest absolute Gasteiger partial charge is 0.391 e. The third-order valence-corrected chi connectivity index (χ3v) is 6.15. The Kier molecular flexibility index (Phi) is 7.26. The van der Waals surface area contributed by atoms with Crippen LogP contribution in [0.1, 0.15) is 53.0 Å². The highest BCUT2D eigenvalue weighted by Gasteiger charge is 2.30. The van der Waals surface area contributed by atoms with E-state index in [0.29, 0.717) is 48.1 Å². The van der Waals surface area contributed by atoms with Gasteiger partial charge in [0.05, 0.1) is 23.3 Å². The summed E-state index contributed by atoms with van der Waals surface area (Å²) in [7, 11) is 0. The summed E-state index contributed by atoms with van der Waals surface area (Å²) < 4.78 is 39.1. The number of aryl methyl sites for hydroxylation is 2. The third-order valence-electron chi connectivity index (χ3n) is 6.15. The Bertz CT molecular complexity index is 1120. The SMILES string of the molecule is O=C(NC1CCCCC1O)c1cnc(CCc2ccccn2)c(-c2ccc(C(F)(F)F)cc2)c1. The molecule has 0 bridgehead atoms. The summed E-state index contributed by atoms with van der Waals surface area (Å²) in [6.45, 7) is 0. The molecule has 1 aliphatic carbocycles. The lowest BCUT2D eigenvalue weighted by atomic mass is 9.92. The molecule has 1 amide bonds. The molecule has 2 N–H and O–H groups in total. The van der Waals surface area contributed by atoms with E-state index < -0.39 is 17.8 Å². The number of nitrogens with zero attached hydrogens (tertiary/aromatic N) is 2. The molecule has 2 aromatic heterocycles. The van der Waals surface area contributed by atoms with E-state index in [4.69, 9.17) is 0 Å². The Balaban J connectivity index is 1.62. The lowest BCUT2D eigenvalue weighted by molar-refractivity contribution is -0.137. The van der Waals surface area contributed by atoms with Crippen LogP contribution in [-0.4, -0.2) is 33.1 Å². The second-order valence-electron chi connectivity index (χ2n) is 8.55. The standard InChI is InChI=1S/C26H26F3N3O2/c27-26(28,29)19-10-8-17(9-11-19)21-15-18(25(34)32-23-6-1-2-7-24(23)33)16-31-22(21)13-12-20-5-3-4-14-30-20/h3-5,8-11,14-16,23-24,33H,1-2,6-7,12-13H2,(H,32,34). The summed E-state index contributed by atoms with van der Waals surface area (Å²) in [4.78, 5) is 21.7. The van der Waals surface area contributed by atoms with Crippen LogP contribution in [0.5, 0.6) is 0 Å². The van der Waals surface area contributed by atoms with Crippen LogP contribution in [-0.2, 0) is 19.0 Å². The topological polar surface area (TPSA) is 75.1 Å². The number of carbonyl (C=O) groups excluding carboxylic acids is 1. The second kappa shape index (κ2) is 10.3. The lowest BCUT2D eigenvalue weighted by Crippen LogP contribution is -2.45. The van der Waals surface area contributed by atoms with Crippen molar-refractivity contribution in [2.24, 2.45) is 0 Å². The van der Waals surface area contributed by atoms with Gasteiger partial charge in [-0.1, -0.05) is 31.0 Å². The van der Waals surface area contributed by atoms with Crippen LogP contribution in [0.2, 0.25) is 0 Å². The van der Waals surface area contributed by atoms with Gasteiger partial charge < -0.3 is 10.4 Å². The number of alkyl halides is 3. The van der Waals surface area contributed by atoms with Crippen molar-refractivity contribution < 1.29 is 23.1 Å². The predicted octanol–water partition coefficient (Wildman–Crippen LogP) is 4.98. The van der Waals surface area contributed by atoms with E-state index in [1.54, 1.807) is 12.3 Å². The van der Waals surface area contributed by atoms with Crippen molar-refractivity contribution in [3.05, 3.63) is 83.4 Å². The van der Waals surface area contributed by atoms with Crippen LogP contribution in [0.4, 0.5) is 13.2 Å². The number of hydrogen-bond donors (Lipinski definition) is 2. The van der Waals surface area contributed by atoms with Crippen molar-refractivity contribution in [2.45, 2.75) is 56.8 Å². The molecule has 2 unspecified atom stereocenters. The number of benzene rings is 1. The fourth-order valence-corrected chi connectivity index (χ4v) is 4.23. The fourth-order valence-electron chi connectivity index (χ4n) is 4.23. The Morgan fingerprint density at radius 2 is 1.79 bits per heavy atom. The number of aromatic nitrogens is 2. The summed E-state index contributed by atoms with van der Waals surface area (Å²) in [6, 6.07) is 11.8. The van der Waals surface area contributed by atoms with Crippen LogP contribution in [0, 0.1) is 0 Å². The van der Waals surface area contributed by atoms with E-state index >= 15 is 0 Å².